The monoisotopic (exact) mass is 1430 g/mol. The fourth-order valence-electron chi connectivity index (χ4n) is 8.30. The number of nitrogens with one attached hydrogen (secondary N) is 5. The highest BCUT2D eigenvalue weighted by atomic mass is 16.6. The van der Waals surface area contributed by atoms with E-state index < -0.39 is 0 Å². The van der Waals surface area contributed by atoms with Crippen LogP contribution in [0.3, 0.4) is 0 Å². The number of amides is 5. The Balaban J connectivity index is 6.12. The minimum Gasteiger partial charge on any atom is -0.379 e. The molecule has 0 atom stereocenters. The molecule has 0 unspecified atom stereocenters. The van der Waals surface area contributed by atoms with Crippen LogP contribution in [0.2, 0.25) is 0 Å². The zero-order valence-electron chi connectivity index (χ0n) is 59.9. The summed E-state index contributed by atoms with van der Waals surface area (Å²) in [5.74, 6) is -1.52. The van der Waals surface area contributed by atoms with Crippen molar-refractivity contribution in [2.45, 2.75) is 64.2 Å². The Kier molecular flexibility index (Phi) is 76.1. The van der Waals surface area contributed by atoms with Crippen molar-refractivity contribution in [1.29, 1.82) is 0 Å². The molecule has 5 amide bonds. The van der Waals surface area contributed by atoms with Gasteiger partial charge in [-0.3, -0.25) is 38.7 Å². The Morgan fingerprint density at radius 3 is 0.636 bits per heavy atom. The summed E-state index contributed by atoms with van der Waals surface area (Å²) >= 11 is 0. The Bertz CT molecular complexity index is 1670. The molecule has 0 saturated heterocycles. The summed E-state index contributed by atoms with van der Waals surface area (Å²) < 4.78 is 83.6. The second-order valence-electron chi connectivity index (χ2n) is 22.3. The fourth-order valence-corrected chi connectivity index (χ4v) is 8.30. The van der Waals surface area contributed by atoms with Crippen molar-refractivity contribution in [3.05, 3.63) is 10.4 Å². The maximum Gasteiger partial charge on any atom is 0.234 e. The summed E-state index contributed by atoms with van der Waals surface area (Å²) in [6.45, 7) is 17.6. The molecule has 582 valence electrons. The van der Waals surface area contributed by atoms with Gasteiger partial charge in [0.05, 0.1) is 165 Å². The molecule has 0 radical (unpaired) electrons. The van der Waals surface area contributed by atoms with E-state index in [0.717, 1.165) is 25.7 Å². The maximum absolute atomic E-state index is 13.8. The lowest BCUT2D eigenvalue weighted by Gasteiger charge is -2.29. The third kappa shape index (κ3) is 74.8. The third-order valence-corrected chi connectivity index (χ3v) is 13.5. The molecule has 35 heteroatoms. The van der Waals surface area contributed by atoms with Gasteiger partial charge in [-0.15, -0.1) is 0 Å². The van der Waals surface area contributed by atoms with Gasteiger partial charge in [0.25, 0.3) is 0 Å². The number of rotatable bonds is 82. The van der Waals surface area contributed by atoms with E-state index in [9.17, 15) is 24.0 Å². The van der Waals surface area contributed by atoms with Crippen LogP contribution in [0, 0.1) is 0 Å². The van der Waals surface area contributed by atoms with E-state index in [1.807, 2.05) is 4.90 Å². The van der Waals surface area contributed by atoms with E-state index in [1.165, 1.54) is 0 Å². The standard InChI is InChI=1S/C64H131N15O20/c65-11-1-25-85-35-45-95-49-39-90-30-6-16-71-61(81)56-78(57-62(82)72-17-7-31-91-40-50-96-46-36-86-26-2-12-66)23-21-77(55-60(80)70-15-5-29-89-43-53-99-54-44-94-34-10-20-75-76-69)22-24-79(58-63(83)73-18-8-32-92-41-51-97-47-37-87-27-3-13-67)59-64(84)74-19-9-33-93-42-52-98-48-38-88-28-4-14-68/h1-59,65-68H2,(H,70,80)(H,71,81)(H,72,82)(H,73,83)(H,74,84). The summed E-state index contributed by atoms with van der Waals surface area (Å²) in [5, 5.41) is 18.2. The minimum absolute atomic E-state index is 0.0801. The zero-order chi connectivity index (χ0) is 71.9. The van der Waals surface area contributed by atoms with Crippen LogP contribution in [0.4, 0.5) is 0 Å². The first kappa shape index (κ1) is 94.8. The predicted octanol–water partition coefficient (Wildman–Crippen LogP) is -2.23. The van der Waals surface area contributed by atoms with Crippen molar-refractivity contribution in [3.8, 4) is 0 Å². The van der Waals surface area contributed by atoms with Crippen molar-refractivity contribution in [2.75, 3.05) is 323 Å². The first-order valence-corrected chi connectivity index (χ1v) is 35.7. The van der Waals surface area contributed by atoms with Crippen LogP contribution in [-0.4, -0.2) is 367 Å². The average Bonchev–Trinajstić information content (AvgIpc) is 1.23. The lowest BCUT2D eigenvalue weighted by Crippen LogP contribution is -2.50. The fraction of sp³-hybridized carbons (Fsp3) is 0.922. The Morgan fingerprint density at radius 2 is 0.434 bits per heavy atom. The van der Waals surface area contributed by atoms with Crippen LogP contribution in [0.1, 0.15) is 64.2 Å². The SMILES string of the molecule is [N-]=[N+]=NCCCOCCOCCOCCCNC(=O)CN(CCN(CC(=O)NCCCOCCOCCOCCCN)CC(=O)NCCCOCCOCCOCCCN)CCN(CC(=O)NCCCOCCOCCOCCCN)CC(=O)NCCCOCCOCCOCCCN. The molecule has 0 saturated carbocycles. The molecule has 0 heterocycles. The van der Waals surface area contributed by atoms with Crippen LogP contribution in [0.25, 0.3) is 10.4 Å². The van der Waals surface area contributed by atoms with Crippen molar-refractivity contribution in [2.24, 2.45) is 28.0 Å². The predicted molar refractivity (Wildman–Crippen MR) is 373 cm³/mol. The molecule has 13 N–H and O–H groups in total. The van der Waals surface area contributed by atoms with Gasteiger partial charge in [-0.25, -0.2) is 0 Å². The van der Waals surface area contributed by atoms with Gasteiger partial charge in [0, 0.05) is 136 Å². The quantitative estimate of drug-likeness (QED) is 0.0135. The molecule has 0 aromatic heterocycles. The topological polar surface area (TPSA) is 447 Å². The summed E-state index contributed by atoms with van der Waals surface area (Å²) in [6, 6.07) is 0. The van der Waals surface area contributed by atoms with Gasteiger partial charge in [0.2, 0.25) is 29.5 Å². The van der Waals surface area contributed by atoms with E-state index >= 15 is 0 Å². The third-order valence-electron chi connectivity index (χ3n) is 13.5. The second-order valence-corrected chi connectivity index (χ2v) is 22.3. The number of nitrogens with zero attached hydrogens (tertiary/aromatic N) is 6. The summed E-state index contributed by atoms with van der Waals surface area (Å²) in [6.07, 6.45) is 6.48. The van der Waals surface area contributed by atoms with Gasteiger partial charge in [-0.1, -0.05) is 5.11 Å². The second kappa shape index (κ2) is 79.5. The van der Waals surface area contributed by atoms with Gasteiger partial charge >= 0.3 is 0 Å². The van der Waals surface area contributed by atoms with E-state index in [2.05, 4.69) is 36.6 Å². The number of carbonyl (C=O) groups excluding carboxylic acids is 5. The summed E-state index contributed by atoms with van der Waals surface area (Å²) in [5.41, 5.74) is 30.4. The molecule has 0 bridgehead atoms. The molecular formula is C64H131N15O20. The van der Waals surface area contributed by atoms with E-state index in [0.29, 0.717) is 302 Å². The van der Waals surface area contributed by atoms with Gasteiger partial charge in [0.1, 0.15) is 0 Å². The number of ether oxygens (including phenoxy) is 15. The first-order chi connectivity index (χ1) is 48.7. The molecule has 0 fully saturated rings. The Labute approximate surface area is 589 Å². The Morgan fingerprint density at radius 1 is 0.263 bits per heavy atom. The van der Waals surface area contributed by atoms with Gasteiger partial charge in [0.15, 0.2) is 0 Å². The number of azide groups is 1. The van der Waals surface area contributed by atoms with Crippen molar-refractivity contribution >= 4 is 29.5 Å². The molecule has 0 aromatic carbocycles. The van der Waals surface area contributed by atoms with Crippen LogP contribution < -0.4 is 49.5 Å². The van der Waals surface area contributed by atoms with Crippen LogP contribution >= 0.6 is 0 Å². The number of carbonyl (C=O) groups is 5. The molecule has 99 heavy (non-hydrogen) atoms. The lowest BCUT2D eigenvalue weighted by molar-refractivity contribution is -0.126. The van der Waals surface area contributed by atoms with E-state index in [-0.39, 0.29) is 88.4 Å². The first-order valence-electron chi connectivity index (χ1n) is 35.7. The van der Waals surface area contributed by atoms with Gasteiger partial charge < -0.3 is 121 Å². The van der Waals surface area contributed by atoms with E-state index in [1.54, 1.807) is 9.80 Å². The molecule has 0 rings (SSSR count). The molecule has 0 aliphatic heterocycles. The smallest absolute Gasteiger partial charge is 0.234 e. The molecule has 0 aromatic rings. The average molecular weight is 1430 g/mol. The van der Waals surface area contributed by atoms with Crippen molar-refractivity contribution in [3.63, 3.8) is 0 Å². The highest BCUT2D eigenvalue weighted by molar-refractivity contribution is 5.82. The number of nitrogens with two attached hydrogens (primary N) is 4. The molecule has 0 spiro atoms. The maximum atomic E-state index is 13.8. The summed E-state index contributed by atoms with van der Waals surface area (Å²) in [7, 11) is 0. The summed E-state index contributed by atoms with van der Waals surface area (Å²) in [4.78, 5) is 76.1. The zero-order valence-corrected chi connectivity index (χ0v) is 59.9. The minimum atomic E-state index is -0.308. The van der Waals surface area contributed by atoms with E-state index in [4.69, 9.17) is 99.5 Å². The van der Waals surface area contributed by atoms with Crippen molar-refractivity contribution < 1.29 is 95.0 Å². The molecular weight excluding hydrogens is 1300 g/mol. The van der Waals surface area contributed by atoms with Gasteiger partial charge in [-0.2, -0.15) is 0 Å². The molecule has 0 aliphatic carbocycles. The highest BCUT2D eigenvalue weighted by Crippen LogP contribution is 2.00. The number of hydrogen-bond donors (Lipinski definition) is 9. The van der Waals surface area contributed by atoms with Crippen LogP contribution in [-0.2, 0) is 95.0 Å². The normalized spacial score (nSPS) is 11.5. The molecule has 35 nitrogen and oxygen atoms in total. The molecule has 0 aliphatic rings. The highest BCUT2D eigenvalue weighted by Gasteiger charge is 2.21. The van der Waals surface area contributed by atoms with Crippen molar-refractivity contribution in [1.82, 2.24) is 41.3 Å². The van der Waals surface area contributed by atoms with Gasteiger partial charge in [-0.05, 0) is 95.9 Å². The van der Waals surface area contributed by atoms with Crippen LogP contribution in [0.5, 0.6) is 0 Å². The largest absolute Gasteiger partial charge is 0.379 e. The van der Waals surface area contributed by atoms with Crippen LogP contribution in [0.15, 0.2) is 5.11 Å². The lowest BCUT2D eigenvalue weighted by atomic mass is 10.3. The number of hydrogen-bond acceptors (Lipinski definition) is 28. The Hall–Kier alpha value is -4.22.